The number of sulfonamides is 1. The third kappa shape index (κ3) is 5.18. The van der Waals surface area contributed by atoms with Crippen molar-refractivity contribution in [3.63, 3.8) is 0 Å². The summed E-state index contributed by atoms with van der Waals surface area (Å²) >= 11 is 0. The fourth-order valence-electron chi connectivity index (χ4n) is 2.72. The molecule has 0 spiro atoms. The minimum absolute atomic E-state index is 0.427. The summed E-state index contributed by atoms with van der Waals surface area (Å²) in [5, 5.41) is 3.48. The quantitative estimate of drug-likeness (QED) is 0.865. The van der Waals surface area contributed by atoms with Crippen molar-refractivity contribution in [3.05, 3.63) is 23.9 Å². The minimum Gasteiger partial charge on any atom is -0.367 e. The van der Waals surface area contributed by atoms with Crippen LogP contribution in [0.5, 0.6) is 0 Å². The molecule has 0 aliphatic heterocycles. The summed E-state index contributed by atoms with van der Waals surface area (Å²) in [6.07, 6.45) is 6.05. The van der Waals surface area contributed by atoms with Gasteiger partial charge in [0.2, 0.25) is 10.0 Å². The molecule has 0 aromatic carbocycles. The summed E-state index contributed by atoms with van der Waals surface area (Å²) < 4.78 is 26.2. The van der Waals surface area contributed by atoms with E-state index in [9.17, 15) is 8.42 Å². The van der Waals surface area contributed by atoms with E-state index in [1.807, 2.05) is 19.2 Å². The maximum absolute atomic E-state index is 12.1. The average Bonchev–Trinajstić information content (AvgIpc) is 2.48. The number of anilines is 1. The second kappa shape index (κ2) is 7.18. The first-order valence-corrected chi connectivity index (χ1v) is 9.84. The molecule has 5 nitrogen and oxygen atoms in total. The Bertz CT molecular complexity index is 598. The van der Waals surface area contributed by atoms with Crippen LogP contribution in [-0.4, -0.2) is 30.7 Å². The highest BCUT2D eigenvalue weighted by Crippen LogP contribution is 2.26. The van der Waals surface area contributed by atoms with Crippen molar-refractivity contribution in [1.29, 1.82) is 0 Å². The lowest BCUT2D eigenvalue weighted by Gasteiger charge is -2.30. The molecule has 1 aliphatic carbocycles. The SMILES string of the molecule is Cc1ccc(NC2CCC(CNS(=O)(=O)C(C)(C)C)CC2)nc1. The number of hydrogen-bond donors (Lipinski definition) is 2. The molecular weight excluding hydrogens is 310 g/mol. The van der Waals surface area contributed by atoms with Crippen LogP contribution in [0.2, 0.25) is 0 Å². The zero-order valence-corrected chi connectivity index (χ0v) is 15.4. The highest BCUT2D eigenvalue weighted by molar-refractivity contribution is 7.90. The normalized spacial score (nSPS) is 22.8. The van der Waals surface area contributed by atoms with Gasteiger partial charge in [-0.05, 0) is 70.9 Å². The molecule has 2 rings (SSSR count). The van der Waals surface area contributed by atoms with Gasteiger partial charge in [0.15, 0.2) is 0 Å². The Kier molecular flexibility index (Phi) is 5.68. The third-order valence-corrected chi connectivity index (χ3v) is 6.64. The summed E-state index contributed by atoms with van der Waals surface area (Å²) in [6, 6.07) is 4.50. The second-order valence-corrected chi connectivity index (χ2v) is 10.1. The summed E-state index contributed by atoms with van der Waals surface area (Å²) in [4.78, 5) is 4.38. The number of nitrogens with zero attached hydrogens (tertiary/aromatic N) is 1. The molecule has 0 bridgehead atoms. The number of aromatic nitrogens is 1. The Hall–Kier alpha value is -1.14. The van der Waals surface area contributed by atoms with Gasteiger partial charge in [-0.2, -0.15) is 0 Å². The molecule has 1 aromatic rings. The van der Waals surface area contributed by atoms with Gasteiger partial charge in [0.05, 0.1) is 4.75 Å². The number of pyridine rings is 1. The number of rotatable bonds is 5. The van der Waals surface area contributed by atoms with Gasteiger partial charge in [0, 0.05) is 18.8 Å². The van der Waals surface area contributed by atoms with Crippen LogP contribution in [0.4, 0.5) is 5.82 Å². The van der Waals surface area contributed by atoms with Crippen molar-refractivity contribution < 1.29 is 8.42 Å². The van der Waals surface area contributed by atoms with Crippen LogP contribution in [0.3, 0.4) is 0 Å². The van der Waals surface area contributed by atoms with Crippen LogP contribution in [0, 0.1) is 12.8 Å². The first kappa shape index (κ1) is 18.2. The maximum atomic E-state index is 12.1. The summed E-state index contributed by atoms with van der Waals surface area (Å²) in [5.74, 6) is 1.35. The molecule has 1 aromatic heterocycles. The van der Waals surface area contributed by atoms with Crippen molar-refractivity contribution in [3.8, 4) is 0 Å². The standard InChI is InChI=1S/C17H29N3O2S/c1-13-5-10-16(18-11-13)20-15-8-6-14(7-9-15)12-19-23(21,22)17(2,3)4/h5,10-11,14-15,19H,6-9,12H2,1-4H3,(H,18,20). The molecule has 130 valence electrons. The molecule has 1 fully saturated rings. The fourth-order valence-corrected chi connectivity index (χ4v) is 3.61. The van der Waals surface area contributed by atoms with E-state index >= 15 is 0 Å². The Morgan fingerprint density at radius 2 is 1.83 bits per heavy atom. The highest BCUT2D eigenvalue weighted by Gasteiger charge is 2.30. The lowest BCUT2D eigenvalue weighted by Crippen LogP contribution is -2.42. The van der Waals surface area contributed by atoms with Crippen LogP contribution < -0.4 is 10.0 Å². The summed E-state index contributed by atoms with van der Waals surface area (Å²) in [5.41, 5.74) is 1.16. The lowest BCUT2D eigenvalue weighted by molar-refractivity contribution is 0.336. The fraction of sp³-hybridized carbons (Fsp3) is 0.706. The van der Waals surface area contributed by atoms with E-state index in [2.05, 4.69) is 21.1 Å². The summed E-state index contributed by atoms with van der Waals surface area (Å²) in [6.45, 7) is 7.76. The largest absolute Gasteiger partial charge is 0.367 e. The molecule has 0 unspecified atom stereocenters. The third-order valence-electron chi connectivity index (χ3n) is 4.48. The van der Waals surface area contributed by atoms with Gasteiger partial charge in [-0.1, -0.05) is 6.07 Å². The molecule has 1 heterocycles. The highest BCUT2D eigenvalue weighted by atomic mass is 32.2. The Labute approximate surface area is 140 Å². The van der Waals surface area contributed by atoms with Gasteiger partial charge in [-0.25, -0.2) is 18.1 Å². The van der Waals surface area contributed by atoms with Gasteiger partial charge >= 0.3 is 0 Å². The van der Waals surface area contributed by atoms with Crippen molar-refractivity contribution in [1.82, 2.24) is 9.71 Å². The van der Waals surface area contributed by atoms with Crippen molar-refractivity contribution in [2.75, 3.05) is 11.9 Å². The molecule has 23 heavy (non-hydrogen) atoms. The van der Waals surface area contributed by atoms with Crippen molar-refractivity contribution >= 4 is 15.8 Å². The number of nitrogens with one attached hydrogen (secondary N) is 2. The zero-order chi connectivity index (χ0) is 17.1. The van der Waals surface area contributed by atoms with Crippen molar-refractivity contribution in [2.45, 2.75) is 64.2 Å². The molecule has 1 saturated carbocycles. The van der Waals surface area contributed by atoms with Crippen LogP contribution in [0.25, 0.3) is 0 Å². The molecule has 0 amide bonds. The second-order valence-electron chi connectivity index (χ2n) is 7.55. The first-order chi connectivity index (χ1) is 10.7. The Morgan fingerprint density at radius 1 is 1.17 bits per heavy atom. The minimum atomic E-state index is -3.24. The summed E-state index contributed by atoms with van der Waals surface area (Å²) in [7, 11) is -3.24. The van der Waals surface area contributed by atoms with Crippen LogP contribution in [-0.2, 0) is 10.0 Å². The van der Waals surface area contributed by atoms with Crippen LogP contribution in [0.15, 0.2) is 18.3 Å². The first-order valence-electron chi connectivity index (χ1n) is 8.36. The van der Waals surface area contributed by atoms with Crippen LogP contribution in [0.1, 0.15) is 52.0 Å². The zero-order valence-electron chi connectivity index (χ0n) is 14.6. The smallest absolute Gasteiger partial charge is 0.216 e. The number of aryl methyl sites for hydroxylation is 1. The van der Waals surface area contributed by atoms with E-state index in [1.54, 1.807) is 20.8 Å². The topological polar surface area (TPSA) is 71.1 Å². The number of hydrogen-bond acceptors (Lipinski definition) is 4. The van der Waals surface area contributed by atoms with Gasteiger partial charge in [0.1, 0.15) is 5.82 Å². The molecule has 1 aliphatic rings. The predicted octanol–water partition coefficient (Wildman–Crippen LogP) is 3.08. The molecule has 6 heteroatoms. The molecular formula is C17H29N3O2S. The van der Waals surface area contributed by atoms with E-state index in [4.69, 9.17) is 0 Å². The Balaban J connectivity index is 1.77. The monoisotopic (exact) mass is 339 g/mol. The van der Waals surface area contributed by atoms with E-state index in [0.717, 1.165) is 37.1 Å². The molecule has 0 atom stereocenters. The van der Waals surface area contributed by atoms with Gasteiger partial charge in [0.25, 0.3) is 0 Å². The van der Waals surface area contributed by atoms with E-state index < -0.39 is 14.8 Å². The van der Waals surface area contributed by atoms with Gasteiger partial charge in [-0.15, -0.1) is 0 Å². The van der Waals surface area contributed by atoms with E-state index in [1.165, 1.54) is 0 Å². The maximum Gasteiger partial charge on any atom is 0.216 e. The predicted molar refractivity (Wildman–Crippen MR) is 95.0 cm³/mol. The van der Waals surface area contributed by atoms with Gasteiger partial charge < -0.3 is 5.32 Å². The lowest BCUT2D eigenvalue weighted by atomic mass is 9.86. The molecule has 0 radical (unpaired) electrons. The van der Waals surface area contributed by atoms with Crippen molar-refractivity contribution in [2.24, 2.45) is 5.92 Å². The van der Waals surface area contributed by atoms with E-state index in [0.29, 0.717) is 18.5 Å². The average molecular weight is 340 g/mol. The van der Waals surface area contributed by atoms with E-state index in [-0.39, 0.29) is 0 Å². The Morgan fingerprint density at radius 3 is 2.35 bits per heavy atom. The molecule has 2 N–H and O–H groups in total. The molecule has 0 saturated heterocycles. The van der Waals surface area contributed by atoms with Crippen LogP contribution >= 0.6 is 0 Å². The van der Waals surface area contributed by atoms with Gasteiger partial charge in [-0.3, -0.25) is 0 Å².